The summed E-state index contributed by atoms with van der Waals surface area (Å²) in [5, 5.41) is 7.27. The molecule has 12 heteroatoms. The fourth-order valence-electron chi connectivity index (χ4n) is 2.27. The Balaban J connectivity index is -0.000000454. The van der Waals surface area contributed by atoms with Crippen molar-refractivity contribution in [1.82, 2.24) is 16.0 Å². The summed E-state index contributed by atoms with van der Waals surface area (Å²) in [6, 6.07) is -1.09. The van der Waals surface area contributed by atoms with E-state index in [0.29, 0.717) is 12.8 Å². The highest BCUT2D eigenvalue weighted by Crippen LogP contribution is 1.98. The van der Waals surface area contributed by atoms with E-state index in [-0.39, 0.29) is 29.4 Å². The van der Waals surface area contributed by atoms with Gasteiger partial charge in [-0.15, -0.1) is 6.58 Å². The van der Waals surface area contributed by atoms with Crippen LogP contribution in [0.25, 0.3) is 0 Å². The lowest BCUT2D eigenvalue weighted by Gasteiger charge is -2.13. The fourth-order valence-corrected chi connectivity index (χ4v) is 2.27. The van der Waals surface area contributed by atoms with Crippen LogP contribution in [0.5, 0.6) is 0 Å². The first-order chi connectivity index (χ1) is 16.8. The van der Waals surface area contributed by atoms with Gasteiger partial charge in [-0.05, 0) is 18.9 Å². The van der Waals surface area contributed by atoms with Crippen LogP contribution in [0.15, 0.2) is 37.1 Å². The number of allylic oxidation sites excluding steroid dienone is 2. The maximum absolute atomic E-state index is 11.0. The number of amides is 3. The van der Waals surface area contributed by atoms with E-state index in [9.17, 15) is 28.8 Å². The number of esters is 3. The van der Waals surface area contributed by atoms with Gasteiger partial charge in [0, 0.05) is 20.8 Å². The predicted molar refractivity (Wildman–Crippen MR) is 133 cm³/mol. The molecule has 36 heavy (non-hydrogen) atoms. The average molecular weight is 514 g/mol. The highest BCUT2D eigenvalue weighted by molar-refractivity contribution is 5.93. The first-order valence-corrected chi connectivity index (χ1v) is 10.8. The Morgan fingerprint density at radius 3 is 1.58 bits per heavy atom. The quantitative estimate of drug-likeness (QED) is 0.120. The van der Waals surface area contributed by atoms with Gasteiger partial charge in [0.15, 0.2) is 0 Å². The molecule has 0 rings (SSSR count). The number of nitrogens with one attached hydrogen (secondary N) is 3. The van der Waals surface area contributed by atoms with Gasteiger partial charge < -0.3 is 30.2 Å². The number of rotatable bonds is 11. The Bertz CT molecular complexity index is 792. The molecule has 0 radical (unpaired) electrons. The molecule has 0 saturated heterocycles. The van der Waals surface area contributed by atoms with Crippen LogP contribution < -0.4 is 16.0 Å². The third-order valence-electron chi connectivity index (χ3n) is 3.71. The van der Waals surface area contributed by atoms with Gasteiger partial charge in [0.05, 0.1) is 21.3 Å². The standard InChI is InChI=1S/C8H15NO3.C8H13NO3.C8H11NO3/c3*1-4-5-7(8(11)12-3)9-6(2)10/h7H,4-5H2,1-3H3,(H,9,10);4,7H,1,5H2,2-3H3,(H,9,10);4-5H,1H2,2-3H3,(H,9,10)/b;;7-5-/t2*7-;/m00./s1. The molecule has 0 aliphatic rings. The zero-order valence-electron chi connectivity index (χ0n) is 22.1. The molecule has 0 unspecified atom stereocenters. The summed E-state index contributed by atoms with van der Waals surface area (Å²) in [5.41, 5.74) is 0.0833. The molecule has 3 N–H and O–H groups in total. The van der Waals surface area contributed by atoms with Crippen molar-refractivity contribution in [1.29, 1.82) is 0 Å². The molecule has 12 nitrogen and oxygen atoms in total. The van der Waals surface area contributed by atoms with Crippen molar-refractivity contribution in [2.75, 3.05) is 21.3 Å². The Kier molecular flexibility index (Phi) is 23.2. The van der Waals surface area contributed by atoms with Crippen molar-refractivity contribution >= 4 is 35.6 Å². The van der Waals surface area contributed by atoms with Crippen LogP contribution in [0.4, 0.5) is 0 Å². The molecule has 0 aliphatic heterocycles. The second-order valence-corrected chi connectivity index (χ2v) is 6.85. The van der Waals surface area contributed by atoms with E-state index in [0.717, 1.165) is 6.42 Å². The SMILES string of the molecule is C=C/C=C(\NC(C)=O)C(=O)OC.C=CC[C@H](NC(C)=O)C(=O)OC.CCC[C@H](NC(C)=O)C(=O)OC. The maximum atomic E-state index is 11.0. The van der Waals surface area contributed by atoms with Crippen LogP contribution >= 0.6 is 0 Å². The number of methoxy groups -OCH3 is 3. The minimum absolute atomic E-state index is 0.0833. The minimum atomic E-state index is -0.606. The fraction of sp³-hybridized carbons (Fsp3) is 0.500. The predicted octanol–water partition coefficient (Wildman–Crippen LogP) is 1.07. The summed E-state index contributed by atoms with van der Waals surface area (Å²) in [6.45, 7) is 12.8. The van der Waals surface area contributed by atoms with Crippen molar-refractivity contribution in [3.8, 4) is 0 Å². The van der Waals surface area contributed by atoms with Gasteiger partial charge in [-0.1, -0.05) is 32.1 Å². The second kappa shape index (κ2) is 22.8. The minimum Gasteiger partial charge on any atom is -0.467 e. The third-order valence-corrected chi connectivity index (χ3v) is 3.71. The molecule has 204 valence electrons. The topological polar surface area (TPSA) is 166 Å². The largest absolute Gasteiger partial charge is 0.467 e. The van der Waals surface area contributed by atoms with Gasteiger partial charge in [0.1, 0.15) is 17.8 Å². The van der Waals surface area contributed by atoms with E-state index in [2.05, 4.69) is 43.3 Å². The van der Waals surface area contributed by atoms with E-state index in [1.54, 1.807) is 6.08 Å². The Morgan fingerprint density at radius 2 is 1.25 bits per heavy atom. The van der Waals surface area contributed by atoms with Crippen molar-refractivity contribution in [3.63, 3.8) is 0 Å². The molecule has 0 heterocycles. The summed E-state index contributed by atoms with van der Waals surface area (Å²) < 4.78 is 13.4. The molecule has 2 atom stereocenters. The molecule has 0 aromatic heterocycles. The molecular formula is C24H39N3O9. The monoisotopic (exact) mass is 513 g/mol. The number of ether oxygens (including phenoxy) is 3. The van der Waals surface area contributed by atoms with Gasteiger partial charge in [-0.3, -0.25) is 14.4 Å². The molecule has 0 aromatic carbocycles. The van der Waals surface area contributed by atoms with Crippen LogP contribution in [0.1, 0.15) is 47.0 Å². The van der Waals surface area contributed by atoms with Crippen LogP contribution in [-0.2, 0) is 43.0 Å². The normalized spacial score (nSPS) is 11.2. The molecular weight excluding hydrogens is 474 g/mol. The van der Waals surface area contributed by atoms with E-state index in [4.69, 9.17) is 0 Å². The van der Waals surface area contributed by atoms with E-state index in [1.165, 1.54) is 54.3 Å². The van der Waals surface area contributed by atoms with E-state index in [1.807, 2.05) is 6.92 Å². The Hall–Kier alpha value is -3.96. The van der Waals surface area contributed by atoms with Crippen LogP contribution in [0, 0.1) is 0 Å². The van der Waals surface area contributed by atoms with E-state index < -0.39 is 24.0 Å². The van der Waals surface area contributed by atoms with Crippen molar-refractivity contribution in [3.05, 3.63) is 37.1 Å². The molecule has 3 amide bonds. The van der Waals surface area contributed by atoms with Gasteiger partial charge in [0.2, 0.25) is 17.7 Å². The average Bonchev–Trinajstić information content (AvgIpc) is 2.81. The van der Waals surface area contributed by atoms with Crippen LogP contribution in [-0.4, -0.2) is 69.0 Å². The van der Waals surface area contributed by atoms with Crippen molar-refractivity contribution < 1.29 is 43.0 Å². The molecule has 0 fully saturated rings. The Labute approximate surface area is 212 Å². The first-order valence-electron chi connectivity index (χ1n) is 10.8. The third kappa shape index (κ3) is 20.6. The van der Waals surface area contributed by atoms with Crippen LogP contribution in [0.2, 0.25) is 0 Å². The summed E-state index contributed by atoms with van der Waals surface area (Å²) in [6.07, 6.45) is 6.14. The van der Waals surface area contributed by atoms with Crippen molar-refractivity contribution in [2.45, 2.75) is 59.0 Å². The van der Waals surface area contributed by atoms with Crippen LogP contribution in [0.3, 0.4) is 0 Å². The highest BCUT2D eigenvalue weighted by atomic mass is 16.5. The summed E-state index contributed by atoms with van der Waals surface area (Å²) >= 11 is 0. The molecule has 0 aliphatic carbocycles. The molecule has 0 bridgehead atoms. The van der Waals surface area contributed by atoms with E-state index >= 15 is 0 Å². The lowest BCUT2D eigenvalue weighted by molar-refractivity contribution is -0.145. The first kappa shape index (κ1) is 36.6. The van der Waals surface area contributed by atoms with Gasteiger partial charge in [-0.2, -0.15) is 0 Å². The second-order valence-electron chi connectivity index (χ2n) is 6.85. The number of carbonyl (C=O) groups is 6. The lowest BCUT2D eigenvalue weighted by Crippen LogP contribution is -2.40. The number of hydrogen-bond acceptors (Lipinski definition) is 9. The zero-order valence-corrected chi connectivity index (χ0v) is 22.1. The summed E-state index contributed by atoms with van der Waals surface area (Å²) in [4.78, 5) is 64.6. The van der Waals surface area contributed by atoms with Gasteiger partial charge in [0.25, 0.3) is 0 Å². The number of carbonyl (C=O) groups excluding carboxylic acids is 6. The number of hydrogen-bond donors (Lipinski definition) is 3. The summed E-state index contributed by atoms with van der Waals surface area (Å²) in [7, 11) is 3.83. The lowest BCUT2D eigenvalue weighted by atomic mass is 10.2. The Morgan fingerprint density at radius 1 is 0.778 bits per heavy atom. The van der Waals surface area contributed by atoms with Gasteiger partial charge >= 0.3 is 17.9 Å². The smallest absolute Gasteiger partial charge is 0.354 e. The molecule has 0 spiro atoms. The molecule has 0 saturated carbocycles. The molecule has 0 aromatic rings. The zero-order chi connectivity index (χ0) is 28.7. The summed E-state index contributed by atoms with van der Waals surface area (Å²) in [5.74, 6) is -2.22. The highest BCUT2D eigenvalue weighted by Gasteiger charge is 2.18. The van der Waals surface area contributed by atoms with Gasteiger partial charge in [-0.25, -0.2) is 14.4 Å². The van der Waals surface area contributed by atoms with Crippen molar-refractivity contribution in [2.24, 2.45) is 0 Å². The maximum Gasteiger partial charge on any atom is 0.354 e.